The molecular formula is C29H29NO4. The number of nitrogens with two attached hydrogens (primary N) is 1. The van der Waals surface area contributed by atoms with Gasteiger partial charge in [0.05, 0.1) is 13.0 Å². The largest absolute Gasteiger partial charge is 0.488 e. The minimum atomic E-state index is -0.254. The first-order valence-electron chi connectivity index (χ1n) is 11.9. The number of benzene rings is 3. The van der Waals surface area contributed by atoms with E-state index in [1.165, 1.54) is 0 Å². The first-order chi connectivity index (χ1) is 16.7. The second-order valence-corrected chi connectivity index (χ2v) is 8.71. The molecule has 0 unspecified atom stereocenters. The van der Waals surface area contributed by atoms with Crippen molar-refractivity contribution in [2.45, 2.75) is 45.3 Å². The Morgan fingerprint density at radius 2 is 1.85 bits per heavy atom. The van der Waals surface area contributed by atoms with Crippen LogP contribution in [0.2, 0.25) is 0 Å². The number of para-hydroxylation sites is 1. The number of esters is 1. The van der Waals surface area contributed by atoms with Crippen molar-refractivity contribution in [3.05, 3.63) is 89.2 Å². The summed E-state index contributed by atoms with van der Waals surface area (Å²) in [5, 5.41) is 1.07. The van der Waals surface area contributed by atoms with Gasteiger partial charge in [0.1, 0.15) is 23.7 Å². The maximum atomic E-state index is 12.0. The van der Waals surface area contributed by atoms with Crippen molar-refractivity contribution in [3.8, 4) is 16.9 Å². The number of rotatable bonds is 9. The number of carbonyl (C=O) groups excluding carboxylic acids is 1. The summed E-state index contributed by atoms with van der Waals surface area (Å²) in [5.41, 5.74) is 12.0. The fourth-order valence-electron chi connectivity index (χ4n) is 4.36. The zero-order chi connectivity index (χ0) is 23.5. The normalized spacial score (nSPS) is 13.2. The molecule has 0 bridgehead atoms. The predicted octanol–water partition coefficient (Wildman–Crippen LogP) is 6.12. The lowest BCUT2D eigenvalue weighted by Gasteiger charge is -2.12. The Labute approximate surface area is 199 Å². The van der Waals surface area contributed by atoms with Gasteiger partial charge in [-0.3, -0.25) is 4.79 Å². The van der Waals surface area contributed by atoms with Crippen molar-refractivity contribution in [1.29, 1.82) is 0 Å². The van der Waals surface area contributed by atoms with E-state index in [9.17, 15) is 4.79 Å². The number of carbonyl (C=O) groups is 1. The maximum absolute atomic E-state index is 12.0. The molecule has 34 heavy (non-hydrogen) atoms. The summed E-state index contributed by atoms with van der Waals surface area (Å²) in [6, 6.07) is 22.3. The van der Waals surface area contributed by atoms with Crippen molar-refractivity contribution < 1.29 is 18.7 Å². The van der Waals surface area contributed by atoms with E-state index in [2.05, 4.69) is 24.3 Å². The molecule has 0 aliphatic heterocycles. The fourth-order valence-corrected chi connectivity index (χ4v) is 4.36. The average molecular weight is 456 g/mol. The highest BCUT2D eigenvalue weighted by Gasteiger charge is 2.31. The van der Waals surface area contributed by atoms with Gasteiger partial charge in [0.15, 0.2) is 0 Å². The van der Waals surface area contributed by atoms with Crippen molar-refractivity contribution in [3.63, 3.8) is 0 Å². The highest BCUT2D eigenvalue weighted by atomic mass is 16.5. The van der Waals surface area contributed by atoms with Gasteiger partial charge in [-0.25, -0.2) is 0 Å². The molecule has 1 aromatic heterocycles. The van der Waals surface area contributed by atoms with Crippen LogP contribution in [-0.2, 0) is 29.1 Å². The zero-order valence-electron chi connectivity index (χ0n) is 19.4. The van der Waals surface area contributed by atoms with Gasteiger partial charge in [-0.2, -0.15) is 0 Å². The van der Waals surface area contributed by atoms with Gasteiger partial charge in [-0.1, -0.05) is 42.5 Å². The molecule has 5 heteroatoms. The van der Waals surface area contributed by atoms with Gasteiger partial charge in [-0.05, 0) is 60.7 Å². The standard InChI is InChI=1S/C29H29NO4/c1-2-32-28(31)16-23-7-3-4-9-26(23)33-18-25-24-15-22(21-8-5-6-19(14-21)17-30)12-13-27(24)34-29(25)20-10-11-20/h3-9,12-15,20H,2,10-11,16-18,30H2,1H3. The van der Waals surface area contributed by atoms with E-state index in [1.807, 2.05) is 49.4 Å². The molecule has 174 valence electrons. The second kappa shape index (κ2) is 9.74. The molecule has 5 nitrogen and oxygen atoms in total. The Bertz CT molecular complexity index is 1320. The lowest BCUT2D eigenvalue weighted by atomic mass is 10.00. The second-order valence-electron chi connectivity index (χ2n) is 8.71. The SMILES string of the molecule is CCOC(=O)Cc1ccccc1OCc1c(C2CC2)oc2ccc(-c3cccc(CN)c3)cc12. The quantitative estimate of drug-likeness (QED) is 0.308. The van der Waals surface area contributed by atoms with Crippen LogP contribution >= 0.6 is 0 Å². The molecule has 0 amide bonds. The Morgan fingerprint density at radius 3 is 2.65 bits per heavy atom. The molecule has 1 fully saturated rings. The van der Waals surface area contributed by atoms with Crippen LogP contribution in [0.15, 0.2) is 71.1 Å². The first-order valence-corrected chi connectivity index (χ1v) is 11.9. The van der Waals surface area contributed by atoms with Crippen LogP contribution in [0.3, 0.4) is 0 Å². The number of fused-ring (bicyclic) bond motifs is 1. The van der Waals surface area contributed by atoms with Crippen molar-refractivity contribution in [2.24, 2.45) is 5.73 Å². The minimum Gasteiger partial charge on any atom is -0.488 e. The predicted molar refractivity (Wildman–Crippen MR) is 133 cm³/mol. The van der Waals surface area contributed by atoms with Crippen molar-refractivity contribution >= 4 is 16.9 Å². The van der Waals surface area contributed by atoms with E-state index in [1.54, 1.807) is 0 Å². The van der Waals surface area contributed by atoms with Gasteiger partial charge in [0, 0.05) is 29.0 Å². The van der Waals surface area contributed by atoms with Crippen LogP contribution in [0.1, 0.15) is 48.1 Å². The van der Waals surface area contributed by atoms with Gasteiger partial charge < -0.3 is 19.6 Å². The Morgan fingerprint density at radius 1 is 1.03 bits per heavy atom. The summed E-state index contributed by atoms with van der Waals surface area (Å²) < 4.78 is 17.7. The first kappa shape index (κ1) is 22.2. The smallest absolute Gasteiger partial charge is 0.310 e. The summed E-state index contributed by atoms with van der Waals surface area (Å²) >= 11 is 0. The molecule has 4 aromatic rings. The molecule has 2 N–H and O–H groups in total. The number of hydrogen-bond donors (Lipinski definition) is 1. The summed E-state index contributed by atoms with van der Waals surface area (Å²) in [7, 11) is 0. The molecule has 0 spiro atoms. The van der Waals surface area contributed by atoms with E-state index in [4.69, 9.17) is 19.6 Å². The summed E-state index contributed by atoms with van der Waals surface area (Å²) in [4.78, 5) is 12.0. The summed E-state index contributed by atoms with van der Waals surface area (Å²) in [6.07, 6.45) is 2.46. The highest BCUT2D eigenvalue weighted by Crippen LogP contribution is 2.45. The van der Waals surface area contributed by atoms with Gasteiger partial charge in [0.25, 0.3) is 0 Å². The van der Waals surface area contributed by atoms with Crippen LogP contribution in [-0.4, -0.2) is 12.6 Å². The fraction of sp³-hybridized carbons (Fsp3) is 0.276. The third-order valence-corrected chi connectivity index (χ3v) is 6.25. The Balaban J connectivity index is 1.47. The van der Waals surface area contributed by atoms with Crippen LogP contribution in [0, 0.1) is 0 Å². The number of furan rings is 1. The maximum Gasteiger partial charge on any atom is 0.310 e. The molecule has 1 saturated carbocycles. The lowest BCUT2D eigenvalue weighted by molar-refractivity contribution is -0.142. The molecule has 0 saturated heterocycles. The summed E-state index contributed by atoms with van der Waals surface area (Å²) in [5.74, 6) is 1.91. The van der Waals surface area contributed by atoms with Gasteiger partial charge in [-0.15, -0.1) is 0 Å². The average Bonchev–Trinajstić information content (AvgIpc) is 3.64. The van der Waals surface area contributed by atoms with Crippen LogP contribution < -0.4 is 10.5 Å². The molecule has 5 rings (SSSR count). The van der Waals surface area contributed by atoms with E-state index < -0.39 is 0 Å². The molecule has 1 heterocycles. The molecular weight excluding hydrogens is 426 g/mol. The minimum absolute atomic E-state index is 0.188. The number of hydrogen-bond acceptors (Lipinski definition) is 5. The van der Waals surface area contributed by atoms with Gasteiger partial charge in [0.2, 0.25) is 0 Å². The van der Waals surface area contributed by atoms with E-state index in [0.29, 0.717) is 31.4 Å². The van der Waals surface area contributed by atoms with Crippen LogP contribution in [0.5, 0.6) is 5.75 Å². The Hall–Kier alpha value is -3.57. The van der Waals surface area contributed by atoms with Crippen LogP contribution in [0.4, 0.5) is 0 Å². The topological polar surface area (TPSA) is 74.7 Å². The van der Waals surface area contributed by atoms with Crippen molar-refractivity contribution in [1.82, 2.24) is 0 Å². The van der Waals surface area contributed by atoms with Gasteiger partial charge >= 0.3 is 5.97 Å². The van der Waals surface area contributed by atoms with E-state index in [-0.39, 0.29) is 12.4 Å². The Kier molecular flexibility index (Phi) is 6.37. The molecule has 0 radical (unpaired) electrons. The lowest BCUT2D eigenvalue weighted by Crippen LogP contribution is -2.09. The third kappa shape index (κ3) is 4.70. The highest BCUT2D eigenvalue weighted by molar-refractivity contribution is 5.87. The summed E-state index contributed by atoms with van der Waals surface area (Å²) in [6.45, 7) is 3.07. The monoisotopic (exact) mass is 455 g/mol. The van der Waals surface area contributed by atoms with E-state index >= 15 is 0 Å². The zero-order valence-corrected chi connectivity index (χ0v) is 19.4. The third-order valence-electron chi connectivity index (χ3n) is 6.25. The molecule has 1 aliphatic carbocycles. The molecule has 1 aliphatic rings. The van der Waals surface area contributed by atoms with E-state index in [0.717, 1.165) is 57.4 Å². The molecule has 3 aromatic carbocycles. The van der Waals surface area contributed by atoms with Crippen molar-refractivity contribution in [2.75, 3.05) is 6.61 Å². The van der Waals surface area contributed by atoms with Crippen LogP contribution in [0.25, 0.3) is 22.1 Å². The number of ether oxygens (including phenoxy) is 2. The molecule has 0 atom stereocenters.